The SMILES string of the molecule is O=C(COC(=O)c1c2c(nc3ccccc13)CCC2)Nc1cccc(Br)c1. The molecule has 1 aromatic heterocycles. The van der Waals surface area contributed by atoms with Crippen LogP contribution < -0.4 is 5.32 Å². The highest BCUT2D eigenvalue weighted by Gasteiger charge is 2.25. The van der Waals surface area contributed by atoms with Gasteiger partial charge in [0.25, 0.3) is 5.91 Å². The molecule has 0 radical (unpaired) electrons. The number of fused-ring (bicyclic) bond motifs is 2. The van der Waals surface area contributed by atoms with Gasteiger partial charge in [-0.3, -0.25) is 9.78 Å². The molecule has 1 amide bonds. The number of amides is 1. The Morgan fingerprint density at radius 2 is 1.96 bits per heavy atom. The van der Waals surface area contributed by atoms with E-state index in [1.165, 1.54) is 0 Å². The number of nitrogens with zero attached hydrogens (tertiary/aromatic N) is 1. The number of hydrogen-bond donors (Lipinski definition) is 1. The molecule has 2 aromatic carbocycles. The molecule has 4 rings (SSSR count). The third-order valence-corrected chi connectivity index (χ3v) is 5.06. The van der Waals surface area contributed by atoms with Crippen molar-refractivity contribution in [1.29, 1.82) is 0 Å². The Balaban J connectivity index is 1.53. The van der Waals surface area contributed by atoms with Crippen molar-refractivity contribution in [3.8, 4) is 0 Å². The summed E-state index contributed by atoms with van der Waals surface area (Å²) in [6.45, 7) is -0.337. The molecular formula is C21H17BrN2O3. The largest absolute Gasteiger partial charge is 0.452 e. The van der Waals surface area contributed by atoms with Crippen LogP contribution in [-0.4, -0.2) is 23.5 Å². The van der Waals surface area contributed by atoms with Gasteiger partial charge in [0, 0.05) is 21.2 Å². The second kappa shape index (κ2) is 7.48. The summed E-state index contributed by atoms with van der Waals surface area (Å²) in [5.41, 5.74) is 3.87. The number of aryl methyl sites for hydroxylation is 1. The van der Waals surface area contributed by atoms with Crippen molar-refractivity contribution >= 4 is 44.4 Å². The average molecular weight is 425 g/mol. The van der Waals surface area contributed by atoms with Gasteiger partial charge in [-0.1, -0.05) is 40.2 Å². The Morgan fingerprint density at radius 3 is 2.81 bits per heavy atom. The van der Waals surface area contributed by atoms with Gasteiger partial charge in [0.15, 0.2) is 6.61 Å². The molecule has 0 spiro atoms. The van der Waals surface area contributed by atoms with E-state index in [4.69, 9.17) is 4.74 Å². The van der Waals surface area contributed by atoms with E-state index in [9.17, 15) is 9.59 Å². The Morgan fingerprint density at radius 1 is 1.11 bits per heavy atom. The molecule has 1 heterocycles. The number of hydrogen-bond acceptors (Lipinski definition) is 4. The van der Waals surface area contributed by atoms with Crippen LogP contribution in [0.2, 0.25) is 0 Å². The third kappa shape index (κ3) is 3.71. The second-order valence-electron chi connectivity index (χ2n) is 6.42. The van der Waals surface area contributed by atoms with Gasteiger partial charge >= 0.3 is 5.97 Å². The maximum atomic E-state index is 12.8. The minimum atomic E-state index is -0.476. The highest BCUT2D eigenvalue weighted by Crippen LogP contribution is 2.30. The van der Waals surface area contributed by atoms with Crippen molar-refractivity contribution in [1.82, 2.24) is 4.98 Å². The summed E-state index contributed by atoms with van der Waals surface area (Å²) in [5.74, 6) is -0.854. The van der Waals surface area contributed by atoms with Crippen LogP contribution >= 0.6 is 15.9 Å². The Bertz CT molecular complexity index is 1050. The molecule has 0 bridgehead atoms. The van der Waals surface area contributed by atoms with Gasteiger partial charge in [0.2, 0.25) is 0 Å². The molecule has 0 unspecified atom stereocenters. The van der Waals surface area contributed by atoms with Crippen LogP contribution in [-0.2, 0) is 22.4 Å². The molecule has 0 aliphatic heterocycles. The number of aromatic nitrogens is 1. The number of benzene rings is 2. The number of para-hydroxylation sites is 1. The van der Waals surface area contributed by atoms with Crippen molar-refractivity contribution in [2.24, 2.45) is 0 Å². The van der Waals surface area contributed by atoms with Gasteiger partial charge in [-0.15, -0.1) is 0 Å². The Labute approximate surface area is 164 Å². The molecular weight excluding hydrogens is 408 g/mol. The minimum absolute atomic E-state index is 0.337. The molecule has 27 heavy (non-hydrogen) atoms. The lowest BCUT2D eigenvalue weighted by atomic mass is 10.0. The molecule has 1 aliphatic carbocycles. The number of ether oxygens (including phenoxy) is 1. The highest BCUT2D eigenvalue weighted by molar-refractivity contribution is 9.10. The quantitative estimate of drug-likeness (QED) is 0.634. The van der Waals surface area contributed by atoms with Crippen LogP contribution in [0.25, 0.3) is 10.9 Å². The summed E-state index contributed by atoms with van der Waals surface area (Å²) in [7, 11) is 0. The van der Waals surface area contributed by atoms with E-state index in [1.54, 1.807) is 12.1 Å². The number of halogens is 1. The summed E-state index contributed by atoms with van der Waals surface area (Å²) in [6.07, 6.45) is 2.65. The molecule has 1 aliphatic rings. The predicted molar refractivity (Wildman–Crippen MR) is 107 cm³/mol. The van der Waals surface area contributed by atoms with Gasteiger partial charge in [0.1, 0.15) is 0 Å². The van der Waals surface area contributed by atoms with Crippen LogP contribution in [0.4, 0.5) is 5.69 Å². The maximum Gasteiger partial charge on any atom is 0.339 e. The van der Waals surface area contributed by atoms with E-state index < -0.39 is 5.97 Å². The lowest BCUT2D eigenvalue weighted by molar-refractivity contribution is -0.119. The third-order valence-electron chi connectivity index (χ3n) is 4.57. The van der Waals surface area contributed by atoms with Gasteiger partial charge in [-0.2, -0.15) is 0 Å². The van der Waals surface area contributed by atoms with Crippen molar-refractivity contribution in [2.45, 2.75) is 19.3 Å². The fraction of sp³-hybridized carbons (Fsp3) is 0.190. The molecule has 0 fully saturated rings. The van der Waals surface area contributed by atoms with E-state index in [2.05, 4.69) is 26.2 Å². The molecule has 6 heteroatoms. The molecule has 136 valence electrons. The van der Waals surface area contributed by atoms with Gasteiger partial charge < -0.3 is 10.1 Å². The first-order chi connectivity index (χ1) is 13.1. The predicted octanol–water partition coefficient (Wildman–Crippen LogP) is 4.28. The molecule has 0 saturated heterocycles. The van der Waals surface area contributed by atoms with Crippen molar-refractivity contribution < 1.29 is 14.3 Å². The van der Waals surface area contributed by atoms with Gasteiger partial charge in [0.05, 0.1) is 11.1 Å². The number of carbonyl (C=O) groups excluding carboxylic acids is 2. The van der Waals surface area contributed by atoms with Crippen LogP contribution in [0, 0.1) is 0 Å². The zero-order valence-electron chi connectivity index (χ0n) is 14.5. The molecule has 0 saturated carbocycles. The number of esters is 1. The van der Waals surface area contributed by atoms with Crippen molar-refractivity contribution in [3.63, 3.8) is 0 Å². The number of rotatable bonds is 4. The summed E-state index contributed by atoms with van der Waals surface area (Å²) in [6, 6.07) is 14.8. The zero-order chi connectivity index (χ0) is 18.8. The standard InChI is InChI=1S/C21H17BrN2O3/c22-13-5-3-6-14(11-13)23-19(25)12-27-21(26)20-15-7-1-2-9-17(15)24-18-10-4-8-16(18)20/h1-3,5-7,9,11H,4,8,10,12H2,(H,23,25). The minimum Gasteiger partial charge on any atom is -0.452 e. The van der Waals surface area contributed by atoms with E-state index in [0.717, 1.165) is 45.9 Å². The molecule has 0 atom stereocenters. The highest BCUT2D eigenvalue weighted by atomic mass is 79.9. The van der Waals surface area contributed by atoms with Crippen molar-refractivity contribution in [2.75, 3.05) is 11.9 Å². The topological polar surface area (TPSA) is 68.3 Å². The number of anilines is 1. The number of pyridine rings is 1. The first kappa shape index (κ1) is 17.7. The fourth-order valence-corrected chi connectivity index (χ4v) is 3.81. The number of carbonyl (C=O) groups is 2. The lowest BCUT2D eigenvalue weighted by Crippen LogP contribution is -2.21. The molecule has 3 aromatic rings. The summed E-state index contributed by atoms with van der Waals surface area (Å²) in [5, 5.41) is 3.49. The summed E-state index contributed by atoms with van der Waals surface area (Å²) in [4.78, 5) is 29.6. The number of nitrogens with one attached hydrogen (secondary N) is 1. The van der Waals surface area contributed by atoms with Crippen LogP contribution in [0.5, 0.6) is 0 Å². The van der Waals surface area contributed by atoms with Gasteiger partial charge in [-0.05, 0) is 49.1 Å². The maximum absolute atomic E-state index is 12.8. The average Bonchev–Trinajstić information content (AvgIpc) is 3.12. The molecule has 1 N–H and O–H groups in total. The van der Waals surface area contributed by atoms with E-state index in [0.29, 0.717) is 11.3 Å². The smallest absolute Gasteiger partial charge is 0.339 e. The van der Waals surface area contributed by atoms with Gasteiger partial charge in [-0.25, -0.2) is 4.79 Å². The first-order valence-corrected chi connectivity index (χ1v) is 9.54. The summed E-state index contributed by atoms with van der Waals surface area (Å²) < 4.78 is 6.19. The normalized spacial score (nSPS) is 12.6. The zero-order valence-corrected chi connectivity index (χ0v) is 16.1. The molecule has 5 nitrogen and oxygen atoms in total. The van der Waals surface area contributed by atoms with Crippen LogP contribution in [0.1, 0.15) is 28.0 Å². The Kier molecular flexibility index (Phi) is 4.90. The van der Waals surface area contributed by atoms with E-state index in [1.807, 2.05) is 36.4 Å². The fourth-order valence-electron chi connectivity index (χ4n) is 3.41. The van der Waals surface area contributed by atoms with Crippen LogP contribution in [0.15, 0.2) is 53.0 Å². The van der Waals surface area contributed by atoms with Crippen molar-refractivity contribution in [3.05, 3.63) is 69.8 Å². The summed E-state index contributed by atoms with van der Waals surface area (Å²) >= 11 is 3.35. The Hall–Kier alpha value is -2.73. The lowest BCUT2D eigenvalue weighted by Gasteiger charge is -2.12. The van der Waals surface area contributed by atoms with E-state index >= 15 is 0 Å². The second-order valence-corrected chi connectivity index (χ2v) is 7.33. The van der Waals surface area contributed by atoms with Crippen LogP contribution in [0.3, 0.4) is 0 Å². The monoisotopic (exact) mass is 424 g/mol. The first-order valence-electron chi connectivity index (χ1n) is 8.75. The van der Waals surface area contributed by atoms with E-state index in [-0.39, 0.29) is 12.5 Å².